The highest BCUT2D eigenvalue weighted by atomic mass is 19.1. The lowest BCUT2D eigenvalue weighted by molar-refractivity contribution is -0.671. The van der Waals surface area contributed by atoms with Crippen molar-refractivity contribution in [1.29, 1.82) is 0 Å². The van der Waals surface area contributed by atoms with E-state index in [4.69, 9.17) is 4.74 Å². The third-order valence-electron chi connectivity index (χ3n) is 4.28. The van der Waals surface area contributed by atoms with Gasteiger partial charge in [0.15, 0.2) is 11.6 Å². The number of aromatic nitrogens is 2. The van der Waals surface area contributed by atoms with Crippen LogP contribution in [0, 0.1) is 25.5 Å². The first-order valence-electron chi connectivity index (χ1n) is 8.56. The molecule has 136 valence electrons. The maximum absolute atomic E-state index is 13.5. The van der Waals surface area contributed by atoms with Crippen molar-refractivity contribution < 1.29 is 18.8 Å². The lowest BCUT2D eigenvalue weighted by atomic mass is 10.2. The number of nitrogens with two attached hydrogens (primary N) is 1. The molecule has 0 amide bonds. The molecule has 6 heteroatoms. The van der Waals surface area contributed by atoms with Gasteiger partial charge in [-0.2, -0.15) is 5.10 Å². The summed E-state index contributed by atoms with van der Waals surface area (Å²) in [5.41, 5.74) is 3.94. The van der Waals surface area contributed by atoms with Gasteiger partial charge in [-0.1, -0.05) is 12.1 Å². The second-order valence-electron chi connectivity index (χ2n) is 6.10. The van der Waals surface area contributed by atoms with Crippen molar-refractivity contribution in [3.63, 3.8) is 0 Å². The second-order valence-corrected chi connectivity index (χ2v) is 6.10. The number of nitrogens with zero attached hydrogens (tertiary/aromatic N) is 2. The number of hydrogen-bond donors (Lipinski definition) is 1. The Bertz CT molecular complexity index is 875. The quantitative estimate of drug-likeness (QED) is 0.660. The third kappa shape index (κ3) is 4.08. The maximum atomic E-state index is 13.5. The van der Waals surface area contributed by atoms with Crippen molar-refractivity contribution in [2.45, 2.75) is 20.4 Å². The number of aryl methyl sites for hydroxylation is 1. The Labute approximate surface area is 151 Å². The summed E-state index contributed by atoms with van der Waals surface area (Å²) in [5.74, 6) is -0.337. The average molecular weight is 358 g/mol. The summed E-state index contributed by atoms with van der Waals surface area (Å²) in [6, 6.07) is 12.7. The molecule has 0 fully saturated rings. The SMILES string of the molecule is Cc1nn(-c2ccc(F)cc2)c(C)c1C[NH2+]CCOc1ccccc1F. The Morgan fingerprint density at radius 2 is 1.77 bits per heavy atom. The van der Waals surface area contributed by atoms with E-state index in [1.165, 1.54) is 18.2 Å². The molecule has 0 bridgehead atoms. The second kappa shape index (κ2) is 8.10. The summed E-state index contributed by atoms with van der Waals surface area (Å²) in [4.78, 5) is 0. The molecule has 2 aromatic carbocycles. The van der Waals surface area contributed by atoms with Gasteiger partial charge in [0.25, 0.3) is 0 Å². The van der Waals surface area contributed by atoms with Gasteiger partial charge in [0.05, 0.1) is 22.6 Å². The van der Waals surface area contributed by atoms with Gasteiger partial charge in [0.2, 0.25) is 0 Å². The van der Waals surface area contributed by atoms with Crippen LogP contribution in [0.4, 0.5) is 8.78 Å². The third-order valence-corrected chi connectivity index (χ3v) is 4.28. The molecule has 0 spiro atoms. The van der Waals surface area contributed by atoms with Crippen LogP contribution in [-0.4, -0.2) is 22.9 Å². The molecule has 4 nitrogen and oxygen atoms in total. The van der Waals surface area contributed by atoms with Gasteiger partial charge in [0, 0.05) is 0 Å². The Morgan fingerprint density at radius 1 is 1.04 bits per heavy atom. The number of rotatable bonds is 7. The van der Waals surface area contributed by atoms with E-state index in [0.29, 0.717) is 13.2 Å². The summed E-state index contributed by atoms with van der Waals surface area (Å²) >= 11 is 0. The fourth-order valence-electron chi connectivity index (χ4n) is 2.86. The minimum Gasteiger partial charge on any atom is -0.485 e. The van der Waals surface area contributed by atoms with Crippen molar-refractivity contribution >= 4 is 0 Å². The molecule has 1 aromatic heterocycles. The smallest absolute Gasteiger partial charge is 0.165 e. The Morgan fingerprint density at radius 3 is 2.50 bits per heavy atom. The van der Waals surface area contributed by atoms with E-state index >= 15 is 0 Å². The van der Waals surface area contributed by atoms with Crippen molar-refractivity contribution in [3.05, 3.63) is 77.1 Å². The first-order valence-corrected chi connectivity index (χ1v) is 8.56. The molecule has 0 aliphatic carbocycles. The topological polar surface area (TPSA) is 43.7 Å². The molecule has 0 atom stereocenters. The molecule has 0 saturated carbocycles. The van der Waals surface area contributed by atoms with E-state index in [1.54, 1.807) is 30.3 Å². The van der Waals surface area contributed by atoms with Crippen LogP contribution < -0.4 is 10.1 Å². The number of para-hydroxylation sites is 1. The summed E-state index contributed by atoms with van der Waals surface area (Å²) in [6.07, 6.45) is 0. The van der Waals surface area contributed by atoms with Gasteiger partial charge >= 0.3 is 0 Å². The summed E-state index contributed by atoms with van der Waals surface area (Å²) in [5, 5.41) is 6.67. The average Bonchev–Trinajstić information content (AvgIpc) is 2.91. The number of quaternary nitrogens is 1. The predicted octanol–water partition coefficient (Wildman–Crippen LogP) is 2.91. The first kappa shape index (κ1) is 18.1. The van der Waals surface area contributed by atoms with Crippen molar-refractivity contribution in [2.75, 3.05) is 13.2 Å². The summed E-state index contributed by atoms with van der Waals surface area (Å²) in [6.45, 7) is 5.84. The minimum atomic E-state index is -0.347. The number of benzene rings is 2. The molecule has 0 saturated heterocycles. The van der Waals surface area contributed by atoms with Crippen LogP contribution in [0.3, 0.4) is 0 Å². The monoisotopic (exact) mass is 358 g/mol. The van der Waals surface area contributed by atoms with E-state index in [-0.39, 0.29) is 17.4 Å². The molecule has 2 N–H and O–H groups in total. The molecule has 0 radical (unpaired) electrons. The van der Waals surface area contributed by atoms with Crippen LogP contribution in [0.25, 0.3) is 5.69 Å². The first-order chi connectivity index (χ1) is 12.6. The molecule has 3 rings (SSSR count). The highest BCUT2D eigenvalue weighted by molar-refractivity contribution is 5.36. The van der Waals surface area contributed by atoms with E-state index in [9.17, 15) is 8.78 Å². The van der Waals surface area contributed by atoms with Crippen LogP contribution in [0.1, 0.15) is 17.0 Å². The Kier molecular flexibility index (Phi) is 5.63. The lowest BCUT2D eigenvalue weighted by Crippen LogP contribution is -2.83. The highest BCUT2D eigenvalue weighted by Crippen LogP contribution is 2.17. The van der Waals surface area contributed by atoms with E-state index < -0.39 is 0 Å². The predicted molar refractivity (Wildman–Crippen MR) is 95.4 cm³/mol. The van der Waals surface area contributed by atoms with E-state index in [1.807, 2.05) is 18.5 Å². The minimum absolute atomic E-state index is 0.265. The number of halogens is 2. The van der Waals surface area contributed by atoms with Crippen LogP contribution in [0.2, 0.25) is 0 Å². The van der Waals surface area contributed by atoms with Crippen LogP contribution in [-0.2, 0) is 6.54 Å². The van der Waals surface area contributed by atoms with Gasteiger partial charge in [-0.3, -0.25) is 0 Å². The number of ether oxygens (including phenoxy) is 1. The Hall–Kier alpha value is -2.73. The highest BCUT2D eigenvalue weighted by Gasteiger charge is 2.14. The molecule has 26 heavy (non-hydrogen) atoms. The van der Waals surface area contributed by atoms with E-state index in [0.717, 1.165) is 29.2 Å². The molecule has 1 heterocycles. The molecular weight excluding hydrogens is 336 g/mol. The zero-order valence-electron chi connectivity index (χ0n) is 14.9. The van der Waals surface area contributed by atoms with Gasteiger partial charge < -0.3 is 10.1 Å². The normalized spacial score (nSPS) is 10.9. The van der Waals surface area contributed by atoms with Gasteiger partial charge in [0.1, 0.15) is 25.5 Å². The van der Waals surface area contributed by atoms with Gasteiger partial charge in [-0.25, -0.2) is 13.5 Å². The standard InChI is InChI=1S/C20H21F2N3O/c1-14-18(13-23-11-12-26-20-6-4-3-5-19(20)22)15(2)25(24-14)17-9-7-16(21)8-10-17/h3-10,23H,11-13H2,1-2H3/p+1. The van der Waals surface area contributed by atoms with Crippen molar-refractivity contribution in [2.24, 2.45) is 0 Å². The molecule has 3 aromatic rings. The van der Waals surface area contributed by atoms with Crippen LogP contribution >= 0.6 is 0 Å². The maximum Gasteiger partial charge on any atom is 0.165 e. The largest absolute Gasteiger partial charge is 0.485 e. The van der Waals surface area contributed by atoms with Crippen molar-refractivity contribution in [1.82, 2.24) is 9.78 Å². The summed E-state index contributed by atoms with van der Waals surface area (Å²) in [7, 11) is 0. The van der Waals surface area contributed by atoms with Crippen LogP contribution in [0.15, 0.2) is 48.5 Å². The molecule has 0 unspecified atom stereocenters. The molecule has 0 aliphatic rings. The lowest BCUT2D eigenvalue weighted by Gasteiger charge is -2.07. The zero-order valence-corrected chi connectivity index (χ0v) is 14.9. The van der Waals surface area contributed by atoms with Crippen molar-refractivity contribution in [3.8, 4) is 11.4 Å². The van der Waals surface area contributed by atoms with Crippen LogP contribution in [0.5, 0.6) is 5.75 Å². The summed E-state index contributed by atoms with van der Waals surface area (Å²) < 4.78 is 33.9. The zero-order chi connectivity index (χ0) is 18.5. The molecule has 0 aliphatic heterocycles. The Balaban J connectivity index is 1.57. The fourth-order valence-corrected chi connectivity index (χ4v) is 2.86. The molecular formula is C20H22F2N3O+. The fraction of sp³-hybridized carbons (Fsp3) is 0.250. The van der Waals surface area contributed by atoms with Gasteiger partial charge in [-0.15, -0.1) is 0 Å². The van der Waals surface area contributed by atoms with Gasteiger partial charge in [-0.05, 0) is 50.2 Å². The number of hydrogen-bond acceptors (Lipinski definition) is 2. The van der Waals surface area contributed by atoms with E-state index in [2.05, 4.69) is 10.4 Å².